The molecule has 0 heterocycles. The molecule has 0 saturated heterocycles. The van der Waals surface area contributed by atoms with Gasteiger partial charge in [0.25, 0.3) is 5.97 Å². The number of amides is 1. The zero-order valence-corrected chi connectivity index (χ0v) is 10.1. The molecule has 0 radical (unpaired) electrons. The molecule has 14 heavy (non-hydrogen) atoms. The summed E-state index contributed by atoms with van der Waals surface area (Å²) in [5.41, 5.74) is 0. The Morgan fingerprint density at radius 3 is 2.79 bits per heavy atom. The zero-order valence-electron chi connectivity index (χ0n) is 8.71. The first-order valence-corrected chi connectivity index (χ1v) is 6.28. The molecule has 0 atom stereocenters. The van der Waals surface area contributed by atoms with Crippen molar-refractivity contribution in [2.75, 3.05) is 6.54 Å². The number of carbonyl (C=O) groups excluding carboxylic acids is 2. The molecular weight excluding hydrogens is 198 g/mol. The SMILES string of the molecule is CC=CC(=O)NCCC[SiH2]OC(C)=O. The van der Waals surface area contributed by atoms with Crippen molar-refractivity contribution in [2.24, 2.45) is 0 Å². The van der Waals surface area contributed by atoms with Crippen LogP contribution in [0.3, 0.4) is 0 Å². The second kappa shape index (κ2) is 8.49. The van der Waals surface area contributed by atoms with E-state index in [0.717, 1.165) is 12.5 Å². The van der Waals surface area contributed by atoms with Gasteiger partial charge in [-0.2, -0.15) is 0 Å². The lowest BCUT2D eigenvalue weighted by molar-refractivity contribution is -0.131. The summed E-state index contributed by atoms with van der Waals surface area (Å²) in [5, 5.41) is 2.73. The summed E-state index contributed by atoms with van der Waals surface area (Å²) in [6, 6.07) is 0.912. The highest BCUT2D eigenvalue weighted by Crippen LogP contribution is 1.88. The van der Waals surface area contributed by atoms with Gasteiger partial charge >= 0.3 is 0 Å². The lowest BCUT2D eigenvalue weighted by Crippen LogP contribution is -2.22. The van der Waals surface area contributed by atoms with Gasteiger partial charge in [0.05, 0.1) is 0 Å². The first-order chi connectivity index (χ1) is 6.66. The van der Waals surface area contributed by atoms with Gasteiger partial charge in [0.2, 0.25) is 15.7 Å². The van der Waals surface area contributed by atoms with Gasteiger partial charge in [0.1, 0.15) is 0 Å². The highest BCUT2D eigenvalue weighted by atomic mass is 28.2. The minimum atomic E-state index is -0.711. The van der Waals surface area contributed by atoms with E-state index in [4.69, 9.17) is 4.43 Å². The molecule has 0 bridgehead atoms. The largest absolute Gasteiger partial charge is 0.525 e. The van der Waals surface area contributed by atoms with Crippen LogP contribution in [-0.4, -0.2) is 28.2 Å². The van der Waals surface area contributed by atoms with Crippen molar-refractivity contribution in [3.63, 3.8) is 0 Å². The Bertz CT molecular complexity index is 216. The van der Waals surface area contributed by atoms with Gasteiger partial charge in [-0.3, -0.25) is 9.59 Å². The maximum atomic E-state index is 10.9. The van der Waals surface area contributed by atoms with Crippen LogP contribution in [0.4, 0.5) is 0 Å². The van der Waals surface area contributed by atoms with Gasteiger partial charge in [-0.1, -0.05) is 6.08 Å². The Kier molecular flexibility index (Phi) is 7.82. The predicted molar refractivity (Wildman–Crippen MR) is 57.6 cm³/mol. The van der Waals surface area contributed by atoms with E-state index in [1.54, 1.807) is 13.0 Å². The van der Waals surface area contributed by atoms with Gasteiger partial charge in [0.15, 0.2) is 0 Å². The topological polar surface area (TPSA) is 55.4 Å². The number of hydrogen-bond donors (Lipinski definition) is 1. The zero-order chi connectivity index (χ0) is 10.8. The molecule has 0 fully saturated rings. The van der Waals surface area contributed by atoms with E-state index in [0.29, 0.717) is 6.54 Å². The van der Waals surface area contributed by atoms with Crippen LogP contribution in [0.5, 0.6) is 0 Å². The summed E-state index contributed by atoms with van der Waals surface area (Å²) < 4.78 is 4.87. The molecule has 1 N–H and O–H groups in total. The molecule has 1 amide bonds. The van der Waals surface area contributed by atoms with Gasteiger partial charge in [-0.05, 0) is 25.5 Å². The third-order valence-electron chi connectivity index (χ3n) is 1.49. The fourth-order valence-corrected chi connectivity index (χ4v) is 1.75. The van der Waals surface area contributed by atoms with Crippen molar-refractivity contribution in [3.05, 3.63) is 12.2 Å². The maximum Gasteiger partial charge on any atom is 0.288 e. The molecule has 0 aliphatic carbocycles. The molecule has 0 aromatic rings. The number of nitrogens with one attached hydrogen (secondary N) is 1. The highest BCUT2D eigenvalue weighted by Gasteiger charge is 1.96. The lowest BCUT2D eigenvalue weighted by Gasteiger charge is -2.02. The Morgan fingerprint density at radius 1 is 1.50 bits per heavy atom. The average Bonchev–Trinajstić information content (AvgIpc) is 2.11. The first kappa shape index (κ1) is 12.9. The Labute approximate surface area is 86.7 Å². The van der Waals surface area contributed by atoms with E-state index in [1.165, 1.54) is 13.0 Å². The Balaban J connectivity index is 3.21. The van der Waals surface area contributed by atoms with Crippen LogP contribution in [0.25, 0.3) is 0 Å². The van der Waals surface area contributed by atoms with Crippen LogP contribution in [-0.2, 0) is 14.0 Å². The molecule has 0 aromatic heterocycles. The normalized spacial score (nSPS) is 11.0. The number of hydrogen-bond acceptors (Lipinski definition) is 3. The molecule has 0 aliphatic heterocycles. The summed E-state index contributed by atoms with van der Waals surface area (Å²) in [6.07, 6.45) is 4.06. The van der Waals surface area contributed by atoms with Crippen molar-refractivity contribution in [1.82, 2.24) is 5.32 Å². The molecule has 80 valence electrons. The summed E-state index contributed by atoms with van der Waals surface area (Å²) in [4.78, 5) is 21.3. The number of carbonyl (C=O) groups is 2. The van der Waals surface area contributed by atoms with Crippen molar-refractivity contribution < 1.29 is 14.0 Å². The van der Waals surface area contributed by atoms with Crippen LogP contribution < -0.4 is 5.32 Å². The van der Waals surface area contributed by atoms with Gasteiger partial charge < -0.3 is 9.74 Å². The first-order valence-electron chi connectivity index (χ1n) is 4.70. The van der Waals surface area contributed by atoms with E-state index in [-0.39, 0.29) is 11.9 Å². The molecule has 0 aromatic carbocycles. The van der Waals surface area contributed by atoms with Crippen LogP contribution >= 0.6 is 0 Å². The van der Waals surface area contributed by atoms with Gasteiger partial charge in [-0.15, -0.1) is 0 Å². The summed E-state index contributed by atoms with van der Waals surface area (Å²) in [6.45, 7) is 3.87. The fourth-order valence-electron chi connectivity index (χ4n) is 0.865. The molecule has 0 unspecified atom stereocenters. The molecule has 5 heteroatoms. The van der Waals surface area contributed by atoms with E-state index < -0.39 is 9.76 Å². The number of allylic oxidation sites excluding steroid dienone is 1. The van der Waals surface area contributed by atoms with Gasteiger partial charge in [0, 0.05) is 13.5 Å². The molecule has 0 saturated carbocycles. The van der Waals surface area contributed by atoms with E-state index in [9.17, 15) is 9.59 Å². The molecule has 0 aliphatic rings. The van der Waals surface area contributed by atoms with Crippen molar-refractivity contribution in [2.45, 2.75) is 26.3 Å². The minimum absolute atomic E-state index is 0.0679. The van der Waals surface area contributed by atoms with Crippen molar-refractivity contribution in [3.8, 4) is 0 Å². The second-order valence-electron chi connectivity index (χ2n) is 2.84. The van der Waals surface area contributed by atoms with Crippen molar-refractivity contribution >= 4 is 21.6 Å². The smallest absolute Gasteiger partial charge is 0.288 e. The predicted octanol–water partition coefficient (Wildman–Crippen LogP) is 0.134. The molecule has 4 nitrogen and oxygen atoms in total. The van der Waals surface area contributed by atoms with Gasteiger partial charge in [-0.25, -0.2) is 0 Å². The monoisotopic (exact) mass is 215 g/mol. The van der Waals surface area contributed by atoms with E-state index >= 15 is 0 Å². The standard InChI is InChI=1S/C9H17NO3Si/c1-3-5-9(12)10-6-4-7-14-13-8(2)11/h3,5H,4,6-7,14H2,1-2H3,(H,10,12). The average molecular weight is 215 g/mol. The van der Waals surface area contributed by atoms with Crippen LogP contribution in [0, 0.1) is 0 Å². The lowest BCUT2D eigenvalue weighted by atomic mass is 10.4. The summed E-state index contributed by atoms with van der Waals surface area (Å²) >= 11 is 0. The molecule has 0 rings (SSSR count). The van der Waals surface area contributed by atoms with E-state index in [1.807, 2.05) is 0 Å². The summed E-state index contributed by atoms with van der Waals surface area (Å²) in [5.74, 6) is -0.267. The highest BCUT2D eigenvalue weighted by molar-refractivity contribution is 6.30. The molecule has 0 spiro atoms. The van der Waals surface area contributed by atoms with Crippen molar-refractivity contribution in [1.29, 1.82) is 0 Å². The Morgan fingerprint density at radius 2 is 2.21 bits per heavy atom. The van der Waals surface area contributed by atoms with Crippen LogP contribution in [0.1, 0.15) is 20.3 Å². The fraction of sp³-hybridized carbons (Fsp3) is 0.556. The molecular formula is C9H17NO3Si. The summed E-state index contributed by atoms with van der Waals surface area (Å²) in [7, 11) is -0.711. The Hall–Kier alpha value is -1.10. The second-order valence-corrected chi connectivity index (χ2v) is 4.24. The van der Waals surface area contributed by atoms with Crippen LogP contribution in [0.2, 0.25) is 6.04 Å². The van der Waals surface area contributed by atoms with E-state index in [2.05, 4.69) is 5.32 Å². The number of rotatable bonds is 6. The van der Waals surface area contributed by atoms with Crippen LogP contribution in [0.15, 0.2) is 12.2 Å². The third kappa shape index (κ3) is 8.99. The maximum absolute atomic E-state index is 10.9. The third-order valence-corrected chi connectivity index (χ3v) is 2.89. The minimum Gasteiger partial charge on any atom is -0.525 e. The quantitative estimate of drug-likeness (QED) is 0.389.